The molecule has 0 aromatic carbocycles. The van der Waals surface area contributed by atoms with Crippen molar-refractivity contribution >= 4 is 5.91 Å². The molecular weight excluding hydrogens is 200 g/mol. The number of carbonyl (C=O) groups excluding carboxylic acids is 1. The van der Waals surface area contributed by atoms with E-state index in [4.69, 9.17) is 0 Å². The maximum atomic E-state index is 11.6. The van der Waals surface area contributed by atoms with Crippen LogP contribution in [0.1, 0.15) is 38.5 Å². The molecule has 0 atom stereocenters. The summed E-state index contributed by atoms with van der Waals surface area (Å²) in [5.74, 6) is 2.91. The Kier molecular flexibility index (Phi) is 4.22. The average molecular weight is 224 g/mol. The van der Waals surface area contributed by atoms with Crippen LogP contribution >= 0.6 is 0 Å². The Bertz CT molecular complexity index is 222. The van der Waals surface area contributed by atoms with Crippen LogP contribution in [-0.4, -0.2) is 26.0 Å². The average Bonchev–Trinajstić information content (AvgIpc) is 3.13. The minimum Gasteiger partial charge on any atom is -0.356 e. The predicted octanol–water partition coefficient (Wildman–Crippen LogP) is 1.54. The highest BCUT2D eigenvalue weighted by Crippen LogP contribution is 2.48. The predicted molar refractivity (Wildman–Crippen MR) is 65.1 cm³/mol. The van der Waals surface area contributed by atoms with Crippen LogP contribution in [0.5, 0.6) is 0 Å². The van der Waals surface area contributed by atoms with E-state index in [9.17, 15) is 4.79 Å². The van der Waals surface area contributed by atoms with E-state index in [0.29, 0.717) is 6.42 Å². The van der Waals surface area contributed by atoms with Gasteiger partial charge in [0.25, 0.3) is 0 Å². The number of nitrogens with one attached hydrogen (secondary N) is 2. The first-order valence-electron chi connectivity index (χ1n) is 6.72. The lowest BCUT2D eigenvalue weighted by Crippen LogP contribution is -2.31. The van der Waals surface area contributed by atoms with Crippen molar-refractivity contribution in [1.82, 2.24) is 10.6 Å². The standard InChI is InChI=1S/C13H24N2O/c1-14-8-2-3-13(16)15-9-12(10-4-5-10)11-6-7-11/h10-12,14H,2-9H2,1H3,(H,15,16). The van der Waals surface area contributed by atoms with Crippen LogP contribution in [0.4, 0.5) is 0 Å². The number of hydrogen-bond acceptors (Lipinski definition) is 2. The van der Waals surface area contributed by atoms with E-state index < -0.39 is 0 Å². The van der Waals surface area contributed by atoms with E-state index >= 15 is 0 Å². The highest BCUT2D eigenvalue weighted by atomic mass is 16.1. The van der Waals surface area contributed by atoms with E-state index in [1.165, 1.54) is 25.7 Å². The zero-order valence-electron chi connectivity index (χ0n) is 10.3. The molecule has 1 amide bonds. The van der Waals surface area contributed by atoms with Gasteiger partial charge in [-0.25, -0.2) is 0 Å². The Morgan fingerprint density at radius 2 is 1.88 bits per heavy atom. The molecule has 3 heteroatoms. The molecule has 0 saturated heterocycles. The van der Waals surface area contributed by atoms with Gasteiger partial charge in [0, 0.05) is 13.0 Å². The highest BCUT2D eigenvalue weighted by molar-refractivity contribution is 5.75. The van der Waals surface area contributed by atoms with Crippen molar-refractivity contribution in [3.63, 3.8) is 0 Å². The fourth-order valence-corrected chi connectivity index (χ4v) is 2.51. The Hall–Kier alpha value is -0.570. The Morgan fingerprint density at radius 3 is 2.38 bits per heavy atom. The summed E-state index contributed by atoms with van der Waals surface area (Å²) in [5, 5.41) is 6.18. The first-order chi connectivity index (χ1) is 7.81. The summed E-state index contributed by atoms with van der Waals surface area (Å²) in [5.41, 5.74) is 0. The third kappa shape index (κ3) is 3.78. The highest BCUT2D eigenvalue weighted by Gasteiger charge is 2.41. The third-order valence-corrected chi connectivity index (χ3v) is 3.82. The summed E-state index contributed by atoms with van der Waals surface area (Å²) in [6.45, 7) is 1.87. The second kappa shape index (κ2) is 5.67. The van der Waals surface area contributed by atoms with Crippen molar-refractivity contribution in [2.75, 3.05) is 20.1 Å². The van der Waals surface area contributed by atoms with Gasteiger partial charge in [-0.1, -0.05) is 0 Å². The lowest BCUT2D eigenvalue weighted by Gasteiger charge is -2.16. The minimum atomic E-state index is 0.238. The first kappa shape index (κ1) is 11.9. The number of carbonyl (C=O) groups is 1. The van der Waals surface area contributed by atoms with Crippen molar-refractivity contribution in [2.45, 2.75) is 38.5 Å². The molecule has 0 bridgehead atoms. The molecule has 3 nitrogen and oxygen atoms in total. The SMILES string of the molecule is CNCCCC(=O)NCC(C1CC1)C1CC1. The van der Waals surface area contributed by atoms with Gasteiger partial charge < -0.3 is 10.6 Å². The van der Waals surface area contributed by atoms with Crippen molar-refractivity contribution in [2.24, 2.45) is 17.8 Å². The van der Waals surface area contributed by atoms with Crippen molar-refractivity contribution in [3.05, 3.63) is 0 Å². The zero-order valence-corrected chi connectivity index (χ0v) is 10.3. The van der Waals surface area contributed by atoms with Crippen molar-refractivity contribution < 1.29 is 4.79 Å². The molecule has 0 heterocycles. The van der Waals surface area contributed by atoms with Crippen LogP contribution < -0.4 is 10.6 Å². The third-order valence-electron chi connectivity index (χ3n) is 3.82. The smallest absolute Gasteiger partial charge is 0.220 e. The van der Waals surface area contributed by atoms with Gasteiger partial charge in [-0.15, -0.1) is 0 Å². The van der Waals surface area contributed by atoms with Gasteiger partial charge in [0.2, 0.25) is 5.91 Å². The molecule has 0 aromatic rings. The van der Waals surface area contributed by atoms with Gasteiger partial charge in [0.15, 0.2) is 0 Å². The molecule has 92 valence electrons. The molecule has 0 spiro atoms. The summed E-state index contributed by atoms with van der Waals surface area (Å²) in [6.07, 6.45) is 7.21. The second-order valence-electron chi connectivity index (χ2n) is 5.35. The molecule has 2 aliphatic rings. The number of amides is 1. The van der Waals surface area contributed by atoms with Crippen LogP contribution in [0.15, 0.2) is 0 Å². The van der Waals surface area contributed by atoms with Gasteiger partial charge in [0.05, 0.1) is 0 Å². The van der Waals surface area contributed by atoms with Gasteiger partial charge >= 0.3 is 0 Å². The van der Waals surface area contributed by atoms with Crippen molar-refractivity contribution in [3.8, 4) is 0 Å². The summed E-state index contributed by atoms with van der Waals surface area (Å²) in [4.78, 5) is 11.6. The lowest BCUT2D eigenvalue weighted by atomic mass is 9.98. The van der Waals surface area contributed by atoms with Crippen LogP contribution in [0.3, 0.4) is 0 Å². The van der Waals surface area contributed by atoms with Crippen molar-refractivity contribution in [1.29, 1.82) is 0 Å². The summed E-state index contributed by atoms with van der Waals surface area (Å²) < 4.78 is 0. The van der Waals surface area contributed by atoms with Crippen LogP contribution in [0.25, 0.3) is 0 Å². The molecule has 2 saturated carbocycles. The molecule has 0 unspecified atom stereocenters. The molecule has 2 rings (SSSR count). The summed E-state index contributed by atoms with van der Waals surface area (Å²) >= 11 is 0. The molecule has 2 N–H and O–H groups in total. The molecular formula is C13H24N2O. The summed E-state index contributed by atoms with van der Waals surface area (Å²) in [7, 11) is 1.92. The van der Waals surface area contributed by atoms with Crippen LogP contribution in [-0.2, 0) is 4.79 Å². The quantitative estimate of drug-likeness (QED) is 0.614. The van der Waals surface area contributed by atoms with Gasteiger partial charge in [-0.05, 0) is 63.5 Å². The molecule has 16 heavy (non-hydrogen) atoms. The minimum absolute atomic E-state index is 0.238. The number of hydrogen-bond donors (Lipinski definition) is 2. The maximum absolute atomic E-state index is 11.6. The van der Waals surface area contributed by atoms with Gasteiger partial charge in [0.1, 0.15) is 0 Å². The Balaban J connectivity index is 1.59. The van der Waals surface area contributed by atoms with E-state index in [2.05, 4.69) is 10.6 Å². The van der Waals surface area contributed by atoms with Crippen LogP contribution in [0, 0.1) is 17.8 Å². The summed E-state index contributed by atoms with van der Waals surface area (Å²) in [6, 6.07) is 0. The monoisotopic (exact) mass is 224 g/mol. The maximum Gasteiger partial charge on any atom is 0.220 e. The van der Waals surface area contributed by atoms with Crippen LogP contribution in [0.2, 0.25) is 0 Å². The Morgan fingerprint density at radius 1 is 1.25 bits per heavy atom. The fraction of sp³-hybridized carbons (Fsp3) is 0.923. The van der Waals surface area contributed by atoms with E-state index in [0.717, 1.165) is 37.3 Å². The molecule has 0 aromatic heterocycles. The lowest BCUT2D eigenvalue weighted by molar-refractivity contribution is -0.121. The van der Waals surface area contributed by atoms with Gasteiger partial charge in [-0.3, -0.25) is 4.79 Å². The molecule has 0 radical (unpaired) electrons. The second-order valence-corrected chi connectivity index (χ2v) is 5.35. The molecule has 2 aliphatic carbocycles. The topological polar surface area (TPSA) is 41.1 Å². The largest absolute Gasteiger partial charge is 0.356 e. The van der Waals surface area contributed by atoms with Gasteiger partial charge in [-0.2, -0.15) is 0 Å². The Labute approximate surface area is 98.4 Å². The first-order valence-corrected chi connectivity index (χ1v) is 6.72. The normalized spacial score (nSPS) is 20.1. The molecule has 2 fully saturated rings. The number of rotatable bonds is 8. The fourth-order valence-electron chi connectivity index (χ4n) is 2.51. The van der Waals surface area contributed by atoms with E-state index in [1.807, 2.05) is 7.05 Å². The zero-order chi connectivity index (χ0) is 11.4. The molecule has 0 aliphatic heterocycles. The van der Waals surface area contributed by atoms with E-state index in [-0.39, 0.29) is 5.91 Å². The van der Waals surface area contributed by atoms with E-state index in [1.54, 1.807) is 0 Å².